The SMILES string of the molecule is Cc1cccc(CNC(=O)c2nc3sc4c(c3c(=O)[nH]2)CCC4)c1. The highest BCUT2D eigenvalue weighted by atomic mass is 32.1. The van der Waals surface area contributed by atoms with Crippen LogP contribution in [-0.2, 0) is 19.4 Å². The molecule has 0 bridgehead atoms. The number of nitrogens with zero attached hydrogens (tertiary/aromatic N) is 1. The molecule has 0 atom stereocenters. The van der Waals surface area contributed by atoms with Crippen LogP contribution < -0.4 is 10.9 Å². The second-order valence-corrected chi connectivity index (χ2v) is 7.21. The molecular weight excluding hydrogens is 322 g/mol. The summed E-state index contributed by atoms with van der Waals surface area (Å²) in [5, 5.41) is 3.49. The molecule has 122 valence electrons. The lowest BCUT2D eigenvalue weighted by Crippen LogP contribution is -2.27. The fraction of sp³-hybridized carbons (Fsp3) is 0.278. The van der Waals surface area contributed by atoms with E-state index in [2.05, 4.69) is 15.3 Å². The third-order valence-corrected chi connectivity index (χ3v) is 5.51. The van der Waals surface area contributed by atoms with E-state index in [1.54, 1.807) is 0 Å². The molecule has 3 aromatic rings. The molecule has 0 radical (unpaired) electrons. The van der Waals surface area contributed by atoms with E-state index in [0.717, 1.165) is 36.0 Å². The molecule has 4 rings (SSSR count). The summed E-state index contributed by atoms with van der Waals surface area (Å²) in [7, 11) is 0. The number of carbonyl (C=O) groups is 1. The van der Waals surface area contributed by atoms with Gasteiger partial charge in [-0.3, -0.25) is 9.59 Å². The molecule has 0 fully saturated rings. The number of aromatic amines is 1. The molecule has 1 aliphatic carbocycles. The average molecular weight is 339 g/mol. The molecule has 2 heterocycles. The first kappa shape index (κ1) is 15.1. The summed E-state index contributed by atoms with van der Waals surface area (Å²) in [5.74, 6) is -0.274. The van der Waals surface area contributed by atoms with Gasteiger partial charge in [0.1, 0.15) is 4.83 Å². The van der Waals surface area contributed by atoms with Crippen molar-refractivity contribution in [3.8, 4) is 0 Å². The first-order valence-electron chi connectivity index (χ1n) is 8.00. The van der Waals surface area contributed by atoms with Crippen LogP contribution in [0.2, 0.25) is 0 Å². The van der Waals surface area contributed by atoms with Crippen molar-refractivity contribution < 1.29 is 4.79 Å². The zero-order valence-electron chi connectivity index (χ0n) is 13.3. The van der Waals surface area contributed by atoms with Gasteiger partial charge in [-0.05, 0) is 37.3 Å². The van der Waals surface area contributed by atoms with Crippen LogP contribution in [0.1, 0.15) is 38.6 Å². The summed E-state index contributed by atoms with van der Waals surface area (Å²) in [5.41, 5.74) is 3.07. The van der Waals surface area contributed by atoms with Gasteiger partial charge in [0.05, 0.1) is 5.39 Å². The number of fused-ring (bicyclic) bond motifs is 3. The number of aromatic nitrogens is 2. The van der Waals surface area contributed by atoms with Gasteiger partial charge in [0.2, 0.25) is 5.82 Å². The van der Waals surface area contributed by atoms with E-state index in [4.69, 9.17) is 0 Å². The van der Waals surface area contributed by atoms with Gasteiger partial charge in [-0.25, -0.2) is 4.98 Å². The number of H-pyrrole nitrogens is 1. The Labute approximate surface area is 142 Å². The zero-order valence-corrected chi connectivity index (χ0v) is 14.1. The third kappa shape index (κ3) is 2.63. The topological polar surface area (TPSA) is 74.8 Å². The van der Waals surface area contributed by atoms with Crippen molar-refractivity contribution in [1.29, 1.82) is 0 Å². The number of thiophene rings is 1. The highest BCUT2D eigenvalue weighted by Gasteiger charge is 2.22. The molecule has 24 heavy (non-hydrogen) atoms. The second kappa shape index (κ2) is 5.87. The highest BCUT2D eigenvalue weighted by Crippen LogP contribution is 2.34. The quantitative estimate of drug-likeness (QED) is 0.770. The monoisotopic (exact) mass is 339 g/mol. The molecule has 0 saturated heterocycles. The molecule has 6 heteroatoms. The lowest BCUT2D eigenvalue weighted by atomic mass is 10.1. The van der Waals surface area contributed by atoms with Crippen LogP contribution in [-0.4, -0.2) is 15.9 Å². The number of hydrogen-bond acceptors (Lipinski definition) is 4. The smallest absolute Gasteiger partial charge is 0.287 e. The van der Waals surface area contributed by atoms with E-state index < -0.39 is 0 Å². The average Bonchev–Trinajstić information content (AvgIpc) is 3.13. The molecule has 0 saturated carbocycles. The van der Waals surface area contributed by atoms with E-state index in [1.807, 2.05) is 31.2 Å². The van der Waals surface area contributed by atoms with Crippen LogP contribution in [0, 0.1) is 6.92 Å². The van der Waals surface area contributed by atoms with Crippen LogP contribution >= 0.6 is 11.3 Å². The summed E-state index contributed by atoms with van der Waals surface area (Å²) in [4.78, 5) is 33.6. The minimum atomic E-state index is -0.357. The number of hydrogen-bond donors (Lipinski definition) is 2. The molecule has 1 amide bonds. The van der Waals surface area contributed by atoms with Crippen LogP contribution in [0.3, 0.4) is 0 Å². The molecule has 0 aliphatic heterocycles. The number of rotatable bonds is 3. The Bertz CT molecular complexity index is 1000. The fourth-order valence-corrected chi connectivity index (χ4v) is 4.46. The van der Waals surface area contributed by atoms with Gasteiger partial charge in [0, 0.05) is 11.4 Å². The predicted octanol–water partition coefficient (Wildman–Crippen LogP) is 2.71. The first-order chi connectivity index (χ1) is 11.6. The normalized spacial score (nSPS) is 13.2. The van der Waals surface area contributed by atoms with Crippen molar-refractivity contribution in [2.24, 2.45) is 0 Å². The van der Waals surface area contributed by atoms with E-state index in [0.29, 0.717) is 16.8 Å². The molecule has 1 aromatic carbocycles. The van der Waals surface area contributed by atoms with Gasteiger partial charge < -0.3 is 10.3 Å². The molecule has 0 spiro atoms. The summed E-state index contributed by atoms with van der Waals surface area (Å²) in [6, 6.07) is 7.93. The number of nitrogens with one attached hydrogen (secondary N) is 2. The number of amides is 1. The predicted molar refractivity (Wildman–Crippen MR) is 94.6 cm³/mol. The standard InChI is InChI=1S/C18H17N3O2S/c1-10-4-2-5-11(8-10)9-19-17(23)15-20-16(22)14-12-6-3-7-13(12)24-18(14)21-15/h2,4-5,8H,3,6-7,9H2,1H3,(H,19,23)(H,20,21,22). The van der Waals surface area contributed by atoms with Crippen LogP contribution in [0.4, 0.5) is 0 Å². The van der Waals surface area contributed by atoms with Crippen molar-refractivity contribution in [1.82, 2.24) is 15.3 Å². The summed E-state index contributed by atoms with van der Waals surface area (Å²) >= 11 is 1.54. The Morgan fingerprint density at radius 2 is 2.25 bits per heavy atom. The number of aryl methyl sites for hydroxylation is 3. The lowest BCUT2D eigenvalue weighted by Gasteiger charge is -2.06. The van der Waals surface area contributed by atoms with Gasteiger partial charge in [0.15, 0.2) is 0 Å². The molecule has 0 unspecified atom stereocenters. The largest absolute Gasteiger partial charge is 0.345 e. The van der Waals surface area contributed by atoms with Crippen molar-refractivity contribution in [2.75, 3.05) is 0 Å². The Morgan fingerprint density at radius 1 is 1.38 bits per heavy atom. The molecule has 1 aliphatic rings. The summed E-state index contributed by atoms with van der Waals surface area (Å²) in [6.07, 6.45) is 3.03. The van der Waals surface area contributed by atoms with Crippen LogP contribution in [0.25, 0.3) is 10.2 Å². The van der Waals surface area contributed by atoms with Crippen LogP contribution in [0.5, 0.6) is 0 Å². The minimum absolute atomic E-state index is 0.0834. The maximum Gasteiger partial charge on any atom is 0.287 e. The van der Waals surface area contributed by atoms with Gasteiger partial charge in [-0.15, -0.1) is 11.3 Å². The first-order valence-corrected chi connectivity index (χ1v) is 8.82. The maximum atomic E-state index is 12.4. The Kier molecular flexibility index (Phi) is 3.69. The van der Waals surface area contributed by atoms with E-state index in [9.17, 15) is 9.59 Å². The van der Waals surface area contributed by atoms with Crippen molar-refractivity contribution in [2.45, 2.75) is 32.7 Å². The number of carbonyl (C=O) groups excluding carboxylic acids is 1. The van der Waals surface area contributed by atoms with Gasteiger partial charge in [-0.1, -0.05) is 29.8 Å². The minimum Gasteiger partial charge on any atom is -0.345 e. The molecular formula is C18H17N3O2S. The van der Waals surface area contributed by atoms with Gasteiger partial charge >= 0.3 is 0 Å². The lowest BCUT2D eigenvalue weighted by molar-refractivity contribution is 0.0940. The molecule has 2 N–H and O–H groups in total. The Hall–Kier alpha value is -2.47. The van der Waals surface area contributed by atoms with Crippen molar-refractivity contribution in [3.05, 3.63) is 62.0 Å². The zero-order chi connectivity index (χ0) is 16.7. The van der Waals surface area contributed by atoms with Crippen molar-refractivity contribution in [3.63, 3.8) is 0 Å². The van der Waals surface area contributed by atoms with E-state index in [1.165, 1.54) is 16.2 Å². The highest BCUT2D eigenvalue weighted by molar-refractivity contribution is 7.18. The summed E-state index contributed by atoms with van der Waals surface area (Å²) in [6.45, 7) is 2.41. The van der Waals surface area contributed by atoms with E-state index >= 15 is 0 Å². The third-order valence-electron chi connectivity index (χ3n) is 4.33. The maximum absolute atomic E-state index is 12.4. The molecule has 2 aromatic heterocycles. The summed E-state index contributed by atoms with van der Waals surface area (Å²) < 4.78 is 0. The van der Waals surface area contributed by atoms with Gasteiger partial charge in [0.25, 0.3) is 11.5 Å². The fourth-order valence-electron chi connectivity index (χ4n) is 3.20. The van der Waals surface area contributed by atoms with Crippen LogP contribution in [0.15, 0.2) is 29.1 Å². The second-order valence-electron chi connectivity index (χ2n) is 6.12. The van der Waals surface area contributed by atoms with E-state index in [-0.39, 0.29) is 17.3 Å². The van der Waals surface area contributed by atoms with Crippen molar-refractivity contribution >= 4 is 27.5 Å². The number of benzene rings is 1. The van der Waals surface area contributed by atoms with Gasteiger partial charge in [-0.2, -0.15) is 0 Å². The molecule has 5 nitrogen and oxygen atoms in total. The Balaban J connectivity index is 1.60. The Morgan fingerprint density at radius 3 is 3.08 bits per heavy atom.